The van der Waals surface area contributed by atoms with Crippen molar-refractivity contribution in [2.24, 2.45) is 0 Å². The summed E-state index contributed by atoms with van der Waals surface area (Å²) in [5.41, 5.74) is 4.61. The Kier molecular flexibility index (Phi) is 1.45. The van der Waals surface area contributed by atoms with Crippen LogP contribution in [-0.4, -0.2) is 18.0 Å². The molecule has 1 aliphatic carbocycles. The van der Waals surface area contributed by atoms with Gasteiger partial charge in [0.1, 0.15) is 0 Å². The second-order valence-electron chi connectivity index (χ2n) is 3.81. The van der Waals surface area contributed by atoms with Gasteiger partial charge in [-0.25, -0.2) is 0 Å². The van der Waals surface area contributed by atoms with Crippen molar-refractivity contribution in [2.45, 2.75) is 12.8 Å². The largest absolute Gasteiger partial charge is 0.363 e. The van der Waals surface area contributed by atoms with Crippen LogP contribution >= 0.6 is 0 Å². The minimum atomic E-state index is 1.09. The van der Waals surface area contributed by atoms with E-state index in [1.807, 2.05) is 0 Å². The molecule has 1 heteroatoms. The zero-order chi connectivity index (χ0) is 8.67. The smallest absolute Gasteiger partial charge is 0.0436 e. The molecule has 2 aliphatic heterocycles. The lowest BCUT2D eigenvalue weighted by atomic mass is 9.98. The van der Waals surface area contributed by atoms with Crippen molar-refractivity contribution in [1.82, 2.24) is 4.90 Å². The highest BCUT2D eigenvalue weighted by molar-refractivity contribution is 5.50. The number of rotatable bonds is 0. The molecule has 0 saturated heterocycles. The molecular formula is C12H13N. The lowest BCUT2D eigenvalue weighted by molar-refractivity contribution is 0.440. The van der Waals surface area contributed by atoms with E-state index in [0.29, 0.717) is 0 Å². The van der Waals surface area contributed by atoms with Crippen LogP contribution in [0.4, 0.5) is 0 Å². The van der Waals surface area contributed by atoms with Gasteiger partial charge in [0.2, 0.25) is 0 Å². The maximum absolute atomic E-state index is 2.46. The second kappa shape index (κ2) is 2.63. The molecule has 3 rings (SSSR count). The molecule has 13 heavy (non-hydrogen) atoms. The van der Waals surface area contributed by atoms with Crippen LogP contribution < -0.4 is 0 Å². The fourth-order valence-electron chi connectivity index (χ4n) is 2.35. The van der Waals surface area contributed by atoms with E-state index in [0.717, 1.165) is 13.1 Å². The maximum atomic E-state index is 2.46. The Balaban J connectivity index is 2.05. The van der Waals surface area contributed by atoms with Gasteiger partial charge in [0, 0.05) is 18.8 Å². The highest BCUT2D eigenvalue weighted by Crippen LogP contribution is 2.35. The lowest BCUT2D eigenvalue weighted by Gasteiger charge is -2.22. The topological polar surface area (TPSA) is 3.24 Å². The van der Waals surface area contributed by atoms with Gasteiger partial charge < -0.3 is 4.90 Å². The van der Waals surface area contributed by atoms with Gasteiger partial charge in [-0.05, 0) is 30.1 Å². The summed E-state index contributed by atoms with van der Waals surface area (Å²) in [7, 11) is 0. The summed E-state index contributed by atoms with van der Waals surface area (Å²) in [6, 6.07) is 0. The van der Waals surface area contributed by atoms with Gasteiger partial charge in [0.25, 0.3) is 0 Å². The van der Waals surface area contributed by atoms with Crippen LogP contribution in [0.2, 0.25) is 0 Å². The molecule has 0 atom stereocenters. The molecule has 0 unspecified atom stereocenters. The van der Waals surface area contributed by atoms with E-state index in [4.69, 9.17) is 0 Å². The number of hydrogen-bond donors (Lipinski definition) is 0. The van der Waals surface area contributed by atoms with Gasteiger partial charge >= 0.3 is 0 Å². The molecule has 0 bridgehead atoms. The predicted molar refractivity (Wildman–Crippen MR) is 54.2 cm³/mol. The van der Waals surface area contributed by atoms with Crippen LogP contribution in [-0.2, 0) is 0 Å². The number of allylic oxidation sites excluding steroid dienone is 4. The zero-order valence-electron chi connectivity index (χ0n) is 7.66. The average molecular weight is 171 g/mol. The van der Waals surface area contributed by atoms with E-state index in [1.165, 1.54) is 18.5 Å². The molecule has 0 fully saturated rings. The molecule has 0 saturated carbocycles. The van der Waals surface area contributed by atoms with E-state index in [2.05, 4.69) is 35.3 Å². The summed E-state index contributed by atoms with van der Waals surface area (Å²) in [6.07, 6.45) is 13.7. The molecule has 0 radical (unpaired) electrons. The predicted octanol–water partition coefficient (Wildman–Crippen LogP) is 2.40. The van der Waals surface area contributed by atoms with Crippen LogP contribution in [0, 0.1) is 0 Å². The van der Waals surface area contributed by atoms with Gasteiger partial charge in [-0.1, -0.05) is 24.3 Å². The maximum Gasteiger partial charge on any atom is 0.0436 e. The molecule has 1 nitrogen and oxygen atoms in total. The van der Waals surface area contributed by atoms with E-state index >= 15 is 0 Å². The molecule has 0 amide bonds. The van der Waals surface area contributed by atoms with Crippen LogP contribution in [0.25, 0.3) is 0 Å². The van der Waals surface area contributed by atoms with E-state index in [1.54, 1.807) is 11.1 Å². The Morgan fingerprint density at radius 2 is 2.23 bits per heavy atom. The second-order valence-corrected chi connectivity index (χ2v) is 3.81. The van der Waals surface area contributed by atoms with Crippen molar-refractivity contribution in [1.29, 1.82) is 0 Å². The SMILES string of the molecule is C1=CCN2CC3=C(CCC=C3)C2=C1. The Morgan fingerprint density at radius 3 is 3.23 bits per heavy atom. The molecule has 66 valence electrons. The Labute approximate surface area is 78.7 Å². The molecule has 0 N–H and O–H groups in total. The average Bonchev–Trinajstić information content (AvgIpc) is 2.56. The van der Waals surface area contributed by atoms with Gasteiger partial charge in [-0.2, -0.15) is 0 Å². The summed E-state index contributed by atoms with van der Waals surface area (Å²) >= 11 is 0. The molecular weight excluding hydrogens is 158 g/mol. The zero-order valence-corrected chi connectivity index (χ0v) is 7.66. The monoisotopic (exact) mass is 171 g/mol. The first-order chi connectivity index (χ1) is 6.45. The van der Waals surface area contributed by atoms with Gasteiger partial charge in [-0.3, -0.25) is 0 Å². The molecule has 0 aromatic heterocycles. The summed E-state index contributed by atoms with van der Waals surface area (Å²) in [4.78, 5) is 2.46. The fraction of sp³-hybridized carbons (Fsp3) is 0.333. The Hall–Kier alpha value is -1.24. The summed E-state index contributed by atoms with van der Waals surface area (Å²) in [6.45, 7) is 2.22. The third-order valence-electron chi connectivity index (χ3n) is 2.99. The van der Waals surface area contributed by atoms with E-state index in [9.17, 15) is 0 Å². The first-order valence-electron chi connectivity index (χ1n) is 4.96. The van der Waals surface area contributed by atoms with Crippen LogP contribution in [0.5, 0.6) is 0 Å². The van der Waals surface area contributed by atoms with Gasteiger partial charge in [0.05, 0.1) is 0 Å². The molecule has 0 aromatic rings. The summed E-state index contributed by atoms with van der Waals surface area (Å²) < 4.78 is 0. The lowest BCUT2D eigenvalue weighted by Crippen LogP contribution is -2.21. The molecule has 2 heterocycles. The molecule has 0 spiro atoms. The standard InChI is InChI=1S/C12H13N/c1-2-6-11-10(5-1)9-13-8-4-3-7-12(11)13/h1,3-5,7H,2,6,8-9H2. The number of hydrogen-bond acceptors (Lipinski definition) is 1. The third-order valence-corrected chi connectivity index (χ3v) is 2.99. The van der Waals surface area contributed by atoms with Crippen molar-refractivity contribution in [3.05, 3.63) is 47.2 Å². The van der Waals surface area contributed by atoms with Gasteiger partial charge in [0.15, 0.2) is 0 Å². The summed E-state index contributed by atoms with van der Waals surface area (Å²) in [5, 5.41) is 0. The minimum absolute atomic E-state index is 1.09. The van der Waals surface area contributed by atoms with E-state index in [-0.39, 0.29) is 0 Å². The highest BCUT2D eigenvalue weighted by atomic mass is 15.2. The quantitative estimate of drug-likeness (QED) is 0.541. The number of nitrogens with zero attached hydrogens (tertiary/aromatic N) is 1. The van der Waals surface area contributed by atoms with Crippen molar-refractivity contribution >= 4 is 0 Å². The van der Waals surface area contributed by atoms with Crippen molar-refractivity contribution in [2.75, 3.05) is 13.1 Å². The van der Waals surface area contributed by atoms with Crippen molar-refractivity contribution in [3.63, 3.8) is 0 Å². The Bertz CT molecular complexity index is 355. The van der Waals surface area contributed by atoms with Crippen LogP contribution in [0.1, 0.15) is 12.8 Å². The molecule has 0 aromatic carbocycles. The normalized spacial score (nSPS) is 24.6. The van der Waals surface area contributed by atoms with Gasteiger partial charge in [-0.15, -0.1) is 0 Å². The number of fused-ring (bicyclic) bond motifs is 2. The first-order valence-corrected chi connectivity index (χ1v) is 4.96. The summed E-state index contributed by atoms with van der Waals surface area (Å²) in [5.74, 6) is 0. The molecule has 3 aliphatic rings. The first kappa shape index (κ1) is 7.19. The fourth-order valence-corrected chi connectivity index (χ4v) is 2.35. The van der Waals surface area contributed by atoms with Crippen molar-refractivity contribution < 1.29 is 0 Å². The van der Waals surface area contributed by atoms with Crippen LogP contribution in [0.3, 0.4) is 0 Å². The van der Waals surface area contributed by atoms with Crippen molar-refractivity contribution in [3.8, 4) is 0 Å². The Morgan fingerprint density at radius 1 is 1.23 bits per heavy atom. The van der Waals surface area contributed by atoms with Crippen LogP contribution in [0.15, 0.2) is 47.2 Å². The van der Waals surface area contributed by atoms with E-state index < -0.39 is 0 Å². The third kappa shape index (κ3) is 0.998. The highest BCUT2D eigenvalue weighted by Gasteiger charge is 2.25. The minimum Gasteiger partial charge on any atom is -0.363 e.